The predicted molar refractivity (Wildman–Crippen MR) is 80.5 cm³/mol. The van der Waals surface area contributed by atoms with Gasteiger partial charge in [-0.05, 0) is 36.8 Å². The molecule has 0 aliphatic heterocycles. The fourth-order valence-corrected chi connectivity index (χ4v) is 2.32. The van der Waals surface area contributed by atoms with Crippen LogP contribution in [0.15, 0.2) is 53.1 Å². The Balaban J connectivity index is 2.05. The van der Waals surface area contributed by atoms with Crippen LogP contribution in [0.4, 0.5) is 0 Å². The highest BCUT2D eigenvalue weighted by Gasteiger charge is 2.19. The summed E-state index contributed by atoms with van der Waals surface area (Å²) in [4.78, 5) is 15.9. The van der Waals surface area contributed by atoms with Crippen LogP contribution >= 0.6 is 0 Å². The minimum Gasteiger partial charge on any atom is -0.460 e. The highest BCUT2D eigenvalue weighted by Crippen LogP contribution is 2.30. The number of nitrogens with zero attached hydrogens (tertiary/aromatic N) is 1. The van der Waals surface area contributed by atoms with Gasteiger partial charge in [-0.25, -0.2) is 4.79 Å². The minimum absolute atomic E-state index is 0.123. The first-order chi connectivity index (χ1) is 10.7. The third-order valence-corrected chi connectivity index (χ3v) is 3.33. The lowest BCUT2D eigenvalue weighted by Crippen LogP contribution is -2.03. The van der Waals surface area contributed by atoms with Gasteiger partial charge in [0.1, 0.15) is 11.7 Å². The SMILES string of the molecule is CCOC(=O)c1cc2c(C(O)c3ccccn3)cccc2o1. The molecule has 112 valence electrons. The number of carbonyl (C=O) groups excluding carboxylic acids is 1. The molecule has 0 spiro atoms. The van der Waals surface area contributed by atoms with E-state index < -0.39 is 12.1 Å². The molecule has 0 radical (unpaired) electrons. The second kappa shape index (κ2) is 5.99. The number of hydrogen-bond acceptors (Lipinski definition) is 5. The third kappa shape index (κ3) is 2.58. The smallest absolute Gasteiger partial charge is 0.374 e. The monoisotopic (exact) mass is 297 g/mol. The number of benzene rings is 1. The first-order valence-corrected chi connectivity index (χ1v) is 6.99. The fraction of sp³-hybridized carbons (Fsp3) is 0.176. The van der Waals surface area contributed by atoms with Crippen LogP contribution in [0.3, 0.4) is 0 Å². The molecule has 0 bridgehead atoms. The Kier molecular flexibility index (Phi) is 3.89. The highest BCUT2D eigenvalue weighted by atomic mass is 16.5. The Bertz CT molecular complexity index is 795. The average Bonchev–Trinajstić information content (AvgIpc) is 2.99. The molecule has 2 aromatic heterocycles. The summed E-state index contributed by atoms with van der Waals surface area (Å²) in [5.74, 6) is -0.394. The van der Waals surface area contributed by atoms with Gasteiger partial charge in [-0.15, -0.1) is 0 Å². The Morgan fingerprint density at radius 1 is 1.32 bits per heavy atom. The quantitative estimate of drug-likeness (QED) is 0.749. The van der Waals surface area contributed by atoms with E-state index in [9.17, 15) is 9.90 Å². The van der Waals surface area contributed by atoms with Crippen LogP contribution in [0.2, 0.25) is 0 Å². The summed E-state index contributed by atoms with van der Waals surface area (Å²) in [6, 6.07) is 12.2. The third-order valence-electron chi connectivity index (χ3n) is 3.33. The van der Waals surface area contributed by atoms with Crippen molar-refractivity contribution in [2.24, 2.45) is 0 Å². The maximum Gasteiger partial charge on any atom is 0.374 e. The largest absolute Gasteiger partial charge is 0.460 e. The van der Waals surface area contributed by atoms with Crippen molar-refractivity contribution in [1.29, 1.82) is 0 Å². The van der Waals surface area contributed by atoms with Gasteiger partial charge < -0.3 is 14.3 Å². The predicted octanol–water partition coefficient (Wildman–Crippen LogP) is 3.09. The van der Waals surface area contributed by atoms with Gasteiger partial charge in [0, 0.05) is 11.6 Å². The minimum atomic E-state index is -0.891. The second-order valence-electron chi connectivity index (χ2n) is 4.75. The number of ether oxygens (including phenoxy) is 1. The van der Waals surface area contributed by atoms with E-state index in [4.69, 9.17) is 9.15 Å². The zero-order chi connectivity index (χ0) is 15.5. The van der Waals surface area contributed by atoms with E-state index in [1.807, 2.05) is 6.07 Å². The summed E-state index contributed by atoms with van der Waals surface area (Å²) in [6.45, 7) is 2.01. The summed E-state index contributed by atoms with van der Waals surface area (Å²) in [5, 5.41) is 11.2. The van der Waals surface area contributed by atoms with E-state index in [-0.39, 0.29) is 12.4 Å². The van der Waals surface area contributed by atoms with Crippen LogP contribution in [0, 0.1) is 0 Å². The molecular weight excluding hydrogens is 282 g/mol. The van der Waals surface area contributed by atoms with Crippen LogP contribution in [0.25, 0.3) is 11.0 Å². The molecule has 5 heteroatoms. The number of furan rings is 1. The van der Waals surface area contributed by atoms with Crippen molar-refractivity contribution in [1.82, 2.24) is 4.98 Å². The number of esters is 1. The van der Waals surface area contributed by atoms with Crippen LogP contribution in [-0.2, 0) is 4.74 Å². The van der Waals surface area contributed by atoms with Gasteiger partial charge in [0.25, 0.3) is 0 Å². The summed E-state index contributed by atoms with van der Waals surface area (Å²) in [7, 11) is 0. The van der Waals surface area contributed by atoms with Crippen LogP contribution < -0.4 is 0 Å². The topological polar surface area (TPSA) is 72.6 Å². The molecule has 22 heavy (non-hydrogen) atoms. The molecule has 3 aromatic rings. The first-order valence-electron chi connectivity index (χ1n) is 6.99. The molecule has 1 aromatic carbocycles. The number of rotatable bonds is 4. The molecule has 2 heterocycles. The summed E-state index contributed by atoms with van der Waals surface area (Å²) >= 11 is 0. The molecule has 1 unspecified atom stereocenters. The molecule has 5 nitrogen and oxygen atoms in total. The van der Waals surface area contributed by atoms with Crippen molar-refractivity contribution in [3.05, 3.63) is 65.7 Å². The number of pyridine rings is 1. The number of fused-ring (bicyclic) bond motifs is 1. The maximum absolute atomic E-state index is 11.8. The maximum atomic E-state index is 11.8. The summed E-state index contributed by atoms with van der Waals surface area (Å²) in [5.41, 5.74) is 1.69. The molecule has 0 fully saturated rings. The van der Waals surface area contributed by atoms with Crippen molar-refractivity contribution in [2.45, 2.75) is 13.0 Å². The van der Waals surface area contributed by atoms with Gasteiger partial charge in [-0.3, -0.25) is 4.98 Å². The lowest BCUT2D eigenvalue weighted by Gasteiger charge is -2.10. The molecule has 1 atom stereocenters. The van der Waals surface area contributed by atoms with E-state index in [0.29, 0.717) is 22.2 Å². The molecule has 0 aliphatic rings. The Morgan fingerprint density at radius 3 is 2.91 bits per heavy atom. The Hall–Kier alpha value is -2.66. The molecule has 0 saturated heterocycles. The summed E-state index contributed by atoms with van der Waals surface area (Å²) < 4.78 is 10.4. The molecule has 1 N–H and O–H groups in total. The van der Waals surface area contributed by atoms with Crippen molar-refractivity contribution >= 4 is 16.9 Å². The van der Waals surface area contributed by atoms with Crippen molar-refractivity contribution in [3.8, 4) is 0 Å². The second-order valence-corrected chi connectivity index (χ2v) is 4.75. The average molecular weight is 297 g/mol. The van der Waals surface area contributed by atoms with Crippen molar-refractivity contribution in [3.63, 3.8) is 0 Å². The Labute approximate surface area is 127 Å². The van der Waals surface area contributed by atoms with E-state index in [0.717, 1.165) is 0 Å². The van der Waals surface area contributed by atoms with Gasteiger partial charge in [0.15, 0.2) is 0 Å². The first kappa shape index (κ1) is 14.3. The van der Waals surface area contributed by atoms with Gasteiger partial charge in [0.2, 0.25) is 5.76 Å². The molecule has 0 aliphatic carbocycles. The number of hydrogen-bond donors (Lipinski definition) is 1. The van der Waals surface area contributed by atoms with E-state index >= 15 is 0 Å². The zero-order valence-corrected chi connectivity index (χ0v) is 12.0. The van der Waals surface area contributed by atoms with E-state index in [1.165, 1.54) is 0 Å². The van der Waals surface area contributed by atoms with E-state index in [2.05, 4.69) is 4.98 Å². The number of aromatic nitrogens is 1. The lowest BCUT2D eigenvalue weighted by atomic mass is 10.0. The van der Waals surface area contributed by atoms with Crippen molar-refractivity contribution < 1.29 is 19.1 Å². The zero-order valence-electron chi connectivity index (χ0n) is 12.0. The number of aliphatic hydroxyl groups excluding tert-OH is 1. The molecule has 0 saturated carbocycles. The van der Waals surface area contributed by atoms with Crippen LogP contribution in [0.5, 0.6) is 0 Å². The van der Waals surface area contributed by atoms with E-state index in [1.54, 1.807) is 49.5 Å². The summed E-state index contributed by atoms with van der Waals surface area (Å²) in [6.07, 6.45) is 0.732. The van der Waals surface area contributed by atoms with Crippen molar-refractivity contribution in [2.75, 3.05) is 6.61 Å². The number of carbonyl (C=O) groups is 1. The van der Waals surface area contributed by atoms with Crippen LogP contribution in [-0.4, -0.2) is 22.7 Å². The normalized spacial score (nSPS) is 12.3. The molecule has 3 rings (SSSR count). The fourth-order valence-electron chi connectivity index (χ4n) is 2.32. The highest BCUT2D eigenvalue weighted by molar-refractivity contribution is 5.94. The molecule has 0 amide bonds. The lowest BCUT2D eigenvalue weighted by molar-refractivity contribution is 0.0492. The van der Waals surface area contributed by atoms with Gasteiger partial charge in [0.05, 0.1) is 12.3 Å². The van der Waals surface area contributed by atoms with Crippen LogP contribution in [0.1, 0.15) is 34.8 Å². The number of aliphatic hydroxyl groups is 1. The van der Waals surface area contributed by atoms with Gasteiger partial charge in [-0.2, -0.15) is 0 Å². The molecular formula is C17H15NO4. The van der Waals surface area contributed by atoms with Gasteiger partial charge >= 0.3 is 5.97 Å². The van der Waals surface area contributed by atoms with Gasteiger partial charge in [-0.1, -0.05) is 18.2 Å². The standard InChI is InChI=1S/C17H15NO4/c1-2-21-17(20)15-10-12-11(6-5-8-14(12)22-15)16(19)13-7-3-4-9-18-13/h3-10,16,19H,2H2,1H3. The Morgan fingerprint density at radius 2 is 2.18 bits per heavy atom.